The van der Waals surface area contributed by atoms with E-state index in [1.165, 1.54) is 38.5 Å². The molecular formula is C15H24N6. The van der Waals surface area contributed by atoms with Gasteiger partial charge in [-0.15, -0.1) is 0 Å². The summed E-state index contributed by atoms with van der Waals surface area (Å²) >= 11 is 0. The van der Waals surface area contributed by atoms with Crippen molar-refractivity contribution < 1.29 is 0 Å². The molecule has 0 unspecified atom stereocenters. The third-order valence-electron chi connectivity index (χ3n) is 4.65. The first-order valence-corrected chi connectivity index (χ1v) is 8.29. The molecule has 0 atom stereocenters. The summed E-state index contributed by atoms with van der Waals surface area (Å²) in [6.07, 6.45) is 7.83. The van der Waals surface area contributed by atoms with E-state index in [0.717, 1.165) is 49.9 Å². The normalized spacial score (nSPS) is 21.8. The van der Waals surface area contributed by atoms with Crippen molar-refractivity contribution in [3.8, 4) is 0 Å². The summed E-state index contributed by atoms with van der Waals surface area (Å²) < 4.78 is 0. The Morgan fingerprint density at radius 1 is 0.952 bits per heavy atom. The minimum atomic E-state index is 0.360. The molecule has 2 heterocycles. The molecule has 1 aromatic rings. The van der Waals surface area contributed by atoms with Crippen LogP contribution in [0.25, 0.3) is 0 Å². The second kappa shape index (κ2) is 5.31. The SMILES string of the molecule is Nc1nc(N2CCCC2)nc(N(CC2CC2)CC2CC2)n1. The molecule has 4 rings (SSSR count). The van der Waals surface area contributed by atoms with Gasteiger partial charge in [0, 0.05) is 26.2 Å². The highest BCUT2D eigenvalue weighted by Crippen LogP contribution is 2.35. The van der Waals surface area contributed by atoms with Gasteiger partial charge in [-0.05, 0) is 50.4 Å². The summed E-state index contributed by atoms with van der Waals surface area (Å²) in [6, 6.07) is 0. The zero-order valence-corrected chi connectivity index (χ0v) is 12.5. The number of nitrogen functional groups attached to an aromatic ring is 1. The lowest BCUT2D eigenvalue weighted by Gasteiger charge is -2.24. The van der Waals surface area contributed by atoms with E-state index in [0.29, 0.717) is 5.95 Å². The lowest BCUT2D eigenvalue weighted by molar-refractivity contribution is 0.659. The van der Waals surface area contributed by atoms with Crippen molar-refractivity contribution in [2.75, 3.05) is 41.7 Å². The Bertz CT molecular complexity index is 491. The van der Waals surface area contributed by atoms with E-state index < -0.39 is 0 Å². The zero-order chi connectivity index (χ0) is 14.2. The van der Waals surface area contributed by atoms with Gasteiger partial charge < -0.3 is 15.5 Å². The first-order chi connectivity index (χ1) is 10.3. The van der Waals surface area contributed by atoms with Crippen molar-refractivity contribution in [2.45, 2.75) is 38.5 Å². The van der Waals surface area contributed by atoms with Crippen LogP contribution in [0, 0.1) is 11.8 Å². The number of rotatable bonds is 6. The maximum Gasteiger partial charge on any atom is 0.231 e. The van der Waals surface area contributed by atoms with E-state index in [-0.39, 0.29) is 0 Å². The molecule has 1 aromatic heterocycles. The molecule has 0 bridgehead atoms. The molecule has 1 aliphatic heterocycles. The van der Waals surface area contributed by atoms with Gasteiger partial charge >= 0.3 is 0 Å². The highest BCUT2D eigenvalue weighted by Gasteiger charge is 2.31. The molecule has 2 aliphatic carbocycles. The molecule has 0 amide bonds. The number of hydrogen-bond acceptors (Lipinski definition) is 6. The maximum absolute atomic E-state index is 5.94. The summed E-state index contributed by atoms with van der Waals surface area (Å²) in [5, 5.41) is 0. The van der Waals surface area contributed by atoms with Gasteiger partial charge in [-0.1, -0.05) is 0 Å². The Kier molecular flexibility index (Phi) is 3.31. The molecule has 6 nitrogen and oxygen atoms in total. The molecule has 2 N–H and O–H groups in total. The average Bonchev–Trinajstić information content (AvgIpc) is 3.39. The van der Waals surface area contributed by atoms with E-state index in [1.807, 2.05) is 0 Å². The Morgan fingerprint density at radius 2 is 1.57 bits per heavy atom. The van der Waals surface area contributed by atoms with Gasteiger partial charge in [-0.25, -0.2) is 0 Å². The second-order valence-corrected chi connectivity index (χ2v) is 6.78. The van der Waals surface area contributed by atoms with Crippen LogP contribution in [0.15, 0.2) is 0 Å². The van der Waals surface area contributed by atoms with Gasteiger partial charge in [0.2, 0.25) is 17.8 Å². The maximum atomic E-state index is 5.94. The van der Waals surface area contributed by atoms with Crippen LogP contribution in [0.3, 0.4) is 0 Å². The van der Waals surface area contributed by atoms with Crippen molar-refractivity contribution in [2.24, 2.45) is 11.8 Å². The molecular weight excluding hydrogens is 264 g/mol. The van der Waals surface area contributed by atoms with Gasteiger partial charge in [0.05, 0.1) is 0 Å². The lowest BCUT2D eigenvalue weighted by Crippen LogP contribution is -2.31. The second-order valence-electron chi connectivity index (χ2n) is 6.78. The highest BCUT2D eigenvalue weighted by atomic mass is 15.4. The molecule has 1 saturated heterocycles. The molecule has 0 radical (unpaired) electrons. The van der Waals surface area contributed by atoms with Crippen molar-refractivity contribution in [1.82, 2.24) is 15.0 Å². The van der Waals surface area contributed by atoms with Crippen LogP contribution < -0.4 is 15.5 Å². The molecule has 114 valence electrons. The Morgan fingerprint density at radius 3 is 2.14 bits per heavy atom. The number of anilines is 3. The minimum absolute atomic E-state index is 0.360. The van der Waals surface area contributed by atoms with Crippen molar-refractivity contribution >= 4 is 17.8 Å². The van der Waals surface area contributed by atoms with Crippen LogP contribution in [-0.4, -0.2) is 41.1 Å². The van der Waals surface area contributed by atoms with E-state index in [2.05, 4.69) is 19.8 Å². The summed E-state index contributed by atoms with van der Waals surface area (Å²) in [7, 11) is 0. The summed E-state index contributed by atoms with van der Waals surface area (Å²) in [5.41, 5.74) is 5.94. The third-order valence-corrected chi connectivity index (χ3v) is 4.65. The van der Waals surface area contributed by atoms with Crippen LogP contribution in [0.4, 0.5) is 17.8 Å². The van der Waals surface area contributed by atoms with Gasteiger partial charge in [-0.2, -0.15) is 15.0 Å². The molecule has 0 aromatic carbocycles. The summed E-state index contributed by atoms with van der Waals surface area (Å²) in [6.45, 7) is 4.24. The average molecular weight is 288 g/mol. The third kappa shape index (κ3) is 3.19. The predicted octanol–water partition coefficient (Wildman–Crippen LogP) is 1.68. The predicted molar refractivity (Wildman–Crippen MR) is 83.3 cm³/mol. The Hall–Kier alpha value is -1.59. The van der Waals surface area contributed by atoms with Crippen LogP contribution in [0.2, 0.25) is 0 Å². The molecule has 3 fully saturated rings. The summed E-state index contributed by atoms with van der Waals surface area (Å²) in [5.74, 6) is 3.59. The molecule has 2 saturated carbocycles. The fraction of sp³-hybridized carbons (Fsp3) is 0.800. The van der Waals surface area contributed by atoms with Gasteiger partial charge in [0.25, 0.3) is 0 Å². The number of nitrogens with two attached hydrogens (primary N) is 1. The number of aromatic nitrogens is 3. The number of nitrogens with zero attached hydrogens (tertiary/aromatic N) is 5. The first kappa shape index (κ1) is 13.1. The zero-order valence-electron chi connectivity index (χ0n) is 12.5. The van der Waals surface area contributed by atoms with Crippen LogP contribution in [0.1, 0.15) is 38.5 Å². The lowest BCUT2D eigenvalue weighted by atomic mass is 10.3. The van der Waals surface area contributed by atoms with Crippen molar-refractivity contribution in [3.63, 3.8) is 0 Å². The van der Waals surface area contributed by atoms with Gasteiger partial charge in [0.15, 0.2) is 0 Å². The molecule has 3 aliphatic rings. The number of hydrogen-bond donors (Lipinski definition) is 1. The molecule has 0 spiro atoms. The van der Waals surface area contributed by atoms with Crippen LogP contribution >= 0.6 is 0 Å². The van der Waals surface area contributed by atoms with Gasteiger partial charge in [-0.3, -0.25) is 0 Å². The fourth-order valence-electron chi connectivity index (χ4n) is 3.03. The first-order valence-electron chi connectivity index (χ1n) is 8.29. The quantitative estimate of drug-likeness (QED) is 0.858. The fourth-order valence-corrected chi connectivity index (χ4v) is 3.03. The standard InChI is InChI=1S/C15H24N6/c16-13-17-14(20-7-1-2-8-20)19-15(18-13)21(9-11-3-4-11)10-12-5-6-12/h11-12H,1-10H2,(H2,16,17,18,19). The van der Waals surface area contributed by atoms with Crippen molar-refractivity contribution in [1.29, 1.82) is 0 Å². The van der Waals surface area contributed by atoms with Crippen molar-refractivity contribution in [3.05, 3.63) is 0 Å². The Balaban J connectivity index is 1.57. The van der Waals surface area contributed by atoms with Crippen LogP contribution in [-0.2, 0) is 0 Å². The highest BCUT2D eigenvalue weighted by molar-refractivity contribution is 5.44. The van der Waals surface area contributed by atoms with E-state index in [9.17, 15) is 0 Å². The largest absolute Gasteiger partial charge is 0.368 e. The van der Waals surface area contributed by atoms with E-state index in [1.54, 1.807) is 0 Å². The van der Waals surface area contributed by atoms with Crippen LogP contribution in [0.5, 0.6) is 0 Å². The monoisotopic (exact) mass is 288 g/mol. The van der Waals surface area contributed by atoms with E-state index >= 15 is 0 Å². The topological polar surface area (TPSA) is 71.2 Å². The van der Waals surface area contributed by atoms with E-state index in [4.69, 9.17) is 10.7 Å². The smallest absolute Gasteiger partial charge is 0.231 e. The van der Waals surface area contributed by atoms with Gasteiger partial charge in [0.1, 0.15) is 0 Å². The minimum Gasteiger partial charge on any atom is -0.368 e. The summed E-state index contributed by atoms with van der Waals surface area (Å²) in [4.78, 5) is 18.1. The molecule has 21 heavy (non-hydrogen) atoms. The Labute approximate surface area is 125 Å². The molecule has 6 heteroatoms.